The van der Waals surface area contributed by atoms with Crippen molar-refractivity contribution in [3.63, 3.8) is 0 Å². The van der Waals surface area contributed by atoms with Crippen LogP contribution in [-0.4, -0.2) is 5.91 Å². The summed E-state index contributed by atoms with van der Waals surface area (Å²) in [6.07, 6.45) is 3.21. The molecule has 0 aliphatic heterocycles. The molecule has 4 nitrogen and oxygen atoms in total. The van der Waals surface area contributed by atoms with Gasteiger partial charge in [-0.3, -0.25) is 4.79 Å². The lowest BCUT2D eigenvalue weighted by Gasteiger charge is -2.28. The summed E-state index contributed by atoms with van der Waals surface area (Å²) >= 11 is 0. The smallest absolute Gasteiger partial charge is 0.290 e. The first-order chi connectivity index (χ1) is 14.3. The van der Waals surface area contributed by atoms with Crippen LogP contribution >= 0.6 is 0 Å². The van der Waals surface area contributed by atoms with E-state index in [1.54, 1.807) is 18.3 Å². The van der Waals surface area contributed by atoms with Crippen molar-refractivity contribution in [2.24, 2.45) is 0 Å². The maximum absolute atomic E-state index is 12.5. The van der Waals surface area contributed by atoms with E-state index >= 15 is 0 Å². The van der Waals surface area contributed by atoms with Crippen molar-refractivity contribution in [3.8, 4) is 0 Å². The average Bonchev–Trinajstić information content (AvgIpc) is 3.33. The fourth-order valence-corrected chi connectivity index (χ4v) is 3.08. The number of hydrogen-bond donors (Lipinski definition) is 1. The molecule has 3 aromatic carbocycles. The summed E-state index contributed by atoms with van der Waals surface area (Å²) in [7, 11) is 0. The minimum Gasteiger partial charge on any atom is -0.459 e. The zero-order chi connectivity index (χ0) is 19.9. The van der Waals surface area contributed by atoms with E-state index in [0.29, 0.717) is 0 Å². The highest BCUT2D eigenvalue weighted by atomic mass is 16.3. The number of anilines is 2. The number of nitrogens with zero attached hydrogens (tertiary/aromatic N) is 1. The summed E-state index contributed by atoms with van der Waals surface area (Å²) in [5.74, 6) is -0.0378. The average molecular weight is 380 g/mol. The van der Waals surface area contributed by atoms with Gasteiger partial charge in [-0.15, -0.1) is 0 Å². The van der Waals surface area contributed by atoms with Gasteiger partial charge in [0, 0.05) is 17.6 Å². The first-order valence-corrected chi connectivity index (χ1v) is 9.33. The lowest BCUT2D eigenvalue weighted by atomic mass is 10.1. The third-order valence-corrected chi connectivity index (χ3v) is 4.42. The van der Waals surface area contributed by atoms with Gasteiger partial charge in [0.1, 0.15) is 0 Å². The van der Waals surface area contributed by atoms with Gasteiger partial charge in [0.2, 0.25) is 0 Å². The number of rotatable bonds is 6. The van der Waals surface area contributed by atoms with Crippen LogP contribution in [0.1, 0.15) is 16.1 Å². The molecule has 0 fully saturated rings. The Morgan fingerprint density at radius 1 is 0.724 bits per heavy atom. The topological polar surface area (TPSA) is 45.5 Å². The lowest BCUT2D eigenvalue weighted by Crippen LogP contribution is -2.22. The molecule has 0 atom stereocenters. The van der Waals surface area contributed by atoms with Gasteiger partial charge < -0.3 is 14.6 Å². The van der Waals surface area contributed by atoms with Crippen molar-refractivity contribution in [1.29, 1.82) is 0 Å². The summed E-state index contributed by atoms with van der Waals surface area (Å²) < 4.78 is 5.21. The number of para-hydroxylation sites is 2. The zero-order valence-corrected chi connectivity index (χ0v) is 15.7. The highest BCUT2D eigenvalue weighted by molar-refractivity contribution is 5.94. The van der Waals surface area contributed by atoms with Crippen molar-refractivity contribution in [1.82, 2.24) is 5.32 Å². The molecule has 1 aromatic heterocycles. The number of benzene rings is 3. The monoisotopic (exact) mass is 380 g/mol. The molecule has 0 spiro atoms. The largest absolute Gasteiger partial charge is 0.459 e. The predicted octanol–water partition coefficient (Wildman–Crippen LogP) is 5.85. The Balaban J connectivity index is 1.81. The van der Waals surface area contributed by atoms with E-state index < -0.39 is 0 Å². The van der Waals surface area contributed by atoms with E-state index in [0.717, 1.165) is 22.6 Å². The normalized spacial score (nSPS) is 11.1. The second kappa shape index (κ2) is 8.76. The first-order valence-electron chi connectivity index (χ1n) is 9.33. The van der Waals surface area contributed by atoms with Gasteiger partial charge >= 0.3 is 0 Å². The summed E-state index contributed by atoms with van der Waals surface area (Å²) in [6.45, 7) is 0. The van der Waals surface area contributed by atoms with Crippen LogP contribution in [-0.2, 0) is 0 Å². The molecule has 1 heterocycles. The second-order valence-corrected chi connectivity index (χ2v) is 6.35. The van der Waals surface area contributed by atoms with Crippen LogP contribution < -0.4 is 10.2 Å². The summed E-state index contributed by atoms with van der Waals surface area (Å²) in [5.41, 5.74) is 3.78. The molecule has 0 saturated heterocycles. The van der Waals surface area contributed by atoms with Crippen molar-refractivity contribution in [3.05, 3.63) is 127 Å². The number of hydrogen-bond acceptors (Lipinski definition) is 3. The number of furan rings is 1. The minimum absolute atomic E-state index is 0.264. The zero-order valence-electron chi connectivity index (χ0n) is 15.7. The van der Waals surface area contributed by atoms with Crippen LogP contribution in [0, 0.1) is 0 Å². The molecule has 0 saturated carbocycles. The van der Waals surface area contributed by atoms with Gasteiger partial charge in [0.15, 0.2) is 5.76 Å². The van der Waals surface area contributed by atoms with E-state index in [4.69, 9.17) is 4.42 Å². The van der Waals surface area contributed by atoms with Crippen LogP contribution in [0.25, 0.3) is 5.70 Å². The molecule has 0 aliphatic carbocycles. The molecule has 4 heteroatoms. The quantitative estimate of drug-likeness (QED) is 0.457. The SMILES string of the molecule is O=C(N/C=C(/c1ccccc1)N(c1ccccc1)c1ccccc1)c1ccco1. The van der Waals surface area contributed by atoms with Crippen molar-refractivity contribution < 1.29 is 9.21 Å². The van der Waals surface area contributed by atoms with E-state index in [-0.39, 0.29) is 11.7 Å². The van der Waals surface area contributed by atoms with E-state index in [1.165, 1.54) is 6.26 Å². The molecule has 0 bridgehead atoms. The maximum Gasteiger partial charge on any atom is 0.290 e. The van der Waals surface area contributed by atoms with Gasteiger partial charge in [-0.2, -0.15) is 0 Å². The van der Waals surface area contributed by atoms with Gasteiger partial charge in [-0.1, -0.05) is 66.7 Å². The Kier molecular flexibility index (Phi) is 5.53. The molecule has 29 heavy (non-hydrogen) atoms. The standard InChI is InChI=1S/C25H20N2O2/c28-25(24-17-10-18-29-24)26-19-23(20-11-4-1-5-12-20)27(21-13-6-2-7-14-21)22-15-8-3-9-16-22/h1-19H,(H,26,28)/b23-19-. The molecule has 1 N–H and O–H groups in total. The number of carbonyl (C=O) groups excluding carboxylic acids is 1. The van der Waals surface area contributed by atoms with Gasteiger partial charge in [0.05, 0.1) is 12.0 Å². The van der Waals surface area contributed by atoms with Crippen LogP contribution in [0.4, 0.5) is 11.4 Å². The number of amides is 1. The second-order valence-electron chi connectivity index (χ2n) is 6.35. The number of carbonyl (C=O) groups is 1. The van der Waals surface area contributed by atoms with Crippen molar-refractivity contribution >= 4 is 23.0 Å². The van der Waals surface area contributed by atoms with Crippen LogP contribution in [0.5, 0.6) is 0 Å². The van der Waals surface area contributed by atoms with Crippen LogP contribution in [0.2, 0.25) is 0 Å². The third-order valence-electron chi connectivity index (χ3n) is 4.42. The van der Waals surface area contributed by atoms with E-state index in [2.05, 4.69) is 10.2 Å². The molecular formula is C25H20N2O2. The molecule has 4 aromatic rings. The number of nitrogens with one attached hydrogen (secondary N) is 1. The van der Waals surface area contributed by atoms with Crippen LogP contribution in [0.3, 0.4) is 0 Å². The fourth-order valence-electron chi connectivity index (χ4n) is 3.08. The van der Waals surface area contributed by atoms with Gasteiger partial charge in [0.25, 0.3) is 5.91 Å². The van der Waals surface area contributed by atoms with Crippen molar-refractivity contribution in [2.75, 3.05) is 4.90 Å². The molecule has 0 aliphatic rings. The van der Waals surface area contributed by atoms with E-state index in [9.17, 15) is 4.79 Å². The van der Waals surface area contributed by atoms with Crippen LogP contribution in [0.15, 0.2) is 120 Å². The molecule has 4 rings (SSSR count). The Labute approximate surface area is 169 Å². The van der Waals surface area contributed by atoms with Crippen molar-refractivity contribution in [2.45, 2.75) is 0 Å². The molecule has 0 radical (unpaired) electrons. The fraction of sp³-hybridized carbons (Fsp3) is 0. The molecule has 1 amide bonds. The minimum atomic E-state index is -0.301. The highest BCUT2D eigenvalue weighted by Crippen LogP contribution is 2.34. The Bertz CT molecular complexity index is 1030. The Morgan fingerprint density at radius 2 is 1.28 bits per heavy atom. The molecule has 142 valence electrons. The first kappa shape index (κ1) is 18.3. The van der Waals surface area contributed by atoms with E-state index in [1.807, 2.05) is 91.0 Å². The third kappa shape index (κ3) is 4.28. The predicted molar refractivity (Wildman–Crippen MR) is 116 cm³/mol. The Morgan fingerprint density at radius 3 is 1.79 bits per heavy atom. The summed E-state index contributed by atoms with van der Waals surface area (Å²) in [6, 6.07) is 33.4. The molecule has 0 unspecified atom stereocenters. The summed E-state index contributed by atoms with van der Waals surface area (Å²) in [4.78, 5) is 14.6. The molecular weight excluding hydrogens is 360 g/mol. The van der Waals surface area contributed by atoms with Gasteiger partial charge in [-0.05, 0) is 42.0 Å². The highest BCUT2D eigenvalue weighted by Gasteiger charge is 2.17. The summed E-state index contributed by atoms with van der Waals surface area (Å²) in [5, 5.41) is 2.87. The maximum atomic E-state index is 12.5. The van der Waals surface area contributed by atoms with Gasteiger partial charge in [-0.25, -0.2) is 0 Å². The lowest BCUT2D eigenvalue weighted by molar-refractivity contribution is 0.0943. The Hall–Kier alpha value is -4.05.